The summed E-state index contributed by atoms with van der Waals surface area (Å²) in [7, 11) is 0. The lowest BCUT2D eigenvalue weighted by molar-refractivity contribution is -0.122. The molecule has 1 aromatic heterocycles. The number of nitrogens with two attached hydrogens (primary N) is 1. The summed E-state index contributed by atoms with van der Waals surface area (Å²) in [5.74, 6) is -0.109. The molecule has 0 aliphatic carbocycles. The minimum atomic E-state index is -0.479. The first kappa shape index (κ1) is 15.2. The Morgan fingerprint density at radius 2 is 2.05 bits per heavy atom. The summed E-state index contributed by atoms with van der Waals surface area (Å²) < 4.78 is 0. The maximum Gasteiger partial charge on any atom is 0.237 e. The van der Waals surface area contributed by atoms with Crippen molar-refractivity contribution in [1.82, 2.24) is 10.3 Å². The Balaban J connectivity index is 1.79. The summed E-state index contributed by atoms with van der Waals surface area (Å²) in [5, 5.41) is 2.88. The van der Waals surface area contributed by atoms with E-state index in [0.717, 1.165) is 17.5 Å². The minimum absolute atomic E-state index is 0.109. The number of hydrogen-bond donors (Lipinski definition) is 2. The summed E-state index contributed by atoms with van der Waals surface area (Å²) in [6.45, 7) is 2.47. The molecule has 3 N–H and O–H groups in total. The fourth-order valence-corrected chi connectivity index (χ4v) is 2.11. The van der Waals surface area contributed by atoms with E-state index in [0.29, 0.717) is 13.0 Å². The van der Waals surface area contributed by atoms with Crippen LogP contribution in [0.15, 0.2) is 48.8 Å². The van der Waals surface area contributed by atoms with E-state index in [4.69, 9.17) is 5.73 Å². The highest BCUT2D eigenvalue weighted by Crippen LogP contribution is 2.06. The van der Waals surface area contributed by atoms with Crippen LogP contribution in [-0.4, -0.2) is 16.9 Å². The van der Waals surface area contributed by atoms with E-state index in [2.05, 4.69) is 10.3 Å². The first-order chi connectivity index (χ1) is 10.2. The van der Waals surface area contributed by atoms with Gasteiger partial charge in [0.05, 0.1) is 6.04 Å². The van der Waals surface area contributed by atoms with Crippen molar-refractivity contribution < 1.29 is 4.79 Å². The molecule has 0 spiro atoms. The molecular formula is C17H21N3O. The van der Waals surface area contributed by atoms with Crippen molar-refractivity contribution in [3.63, 3.8) is 0 Å². The van der Waals surface area contributed by atoms with E-state index < -0.39 is 6.04 Å². The molecule has 1 heterocycles. The Morgan fingerprint density at radius 3 is 2.76 bits per heavy atom. The van der Waals surface area contributed by atoms with Crippen LogP contribution in [0.4, 0.5) is 0 Å². The van der Waals surface area contributed by atoms with Crippen molar-refractivity contribution in [2.45, 2.75) is 32.4 Å². The molecule has 4 heteroatoms. The average Bonchev–Trinajstić information content (AvgIpc) is 2.52. The van der Waals surface area contributed by atoms with Gasteiger partial charge >= 0.3 is 0 Å². The van der Waals surface area contributed by atoms with Gasteiger partial charge in [-0.25, -0.2) is 0 Å². The van der Waals surface area contributed by atoms with Gasteiger partial charge in [0.1, 0.15) is 0 Å². The Morgan fingerprint density at radius 1 is 1.29 bits per heavy atom. The first-order valence-corrected chi connectivity index (χ1v) is 7.13. The van der Waals surface area contributed by atoms with Gasteiger partial charge in [0.15, 0.2) is 0 Å². The van der Waals surface area contributed by atoms with Crippen LogP contribution in [0.2, 0.25) is 0 Å². The number of amides is 1. The van der Waals surface area contributed by atoms with Crippen molar-refractivity contribution in [3.05, 3.63) is 65.5 Å². The molecule has 1 amide bonds. The zero-order chi connectivity index (χ0) is 15.1. The minimum Gasteiger partial charge on any atom is -0.351 e. The second-order valence-corrected chi connectivity index (χ2v) is 5.15. The molecular weight excluding hydrogens is 262 g/mol. The van der Waals surface area contributed by atoms with Gasteiger partial charge in [0.25, 0.3) is 0 Å². The van der Waals surface area contributed by atoms with Crippen LogP contribution in [0.3, 0.4) is 0 Å². The van der Waals surface area contributed by atoms with Gasteiger partial charge < -0.3 is 11.1 Å². The number of aryl methyl sites for hydroxylation is 2. The molecule has 0 saturated heterocycles. The molecule has 0 aliphatic heterocycles. The SMILES string of the molecule is Cc1cnccc1CNC(=O)[C@@H](N)CCc1ccccc1. The van der Waals surface area contributed by atoms with Gasteiger partial charge in [-0.1, -0.05) is 30.3 Å². The summed E-state index contributed by atoms with van der Waals surface area (Å²) in [6, 6.07) is 11.5. The largest absolute Gasteiger partial charge is 0.351 e. The second-order valence-electron chi connectivity index (χ2n) is 5.15. The molecule has 1 atom stereocenters. The summed E-state index contributed by atoms with van der Waals surface area (Å²) in [5.41, 5.74) is 9.27. The molecule has 21 heavy (non-hydrogen) atoms. The number of nitrogens with one attached hydrogen (secondary N) is 1. The van der Waals surface area contributed by atoms with E-state index in [1.165, 1.54) is 5.56 Å². The number of rotatable bonds is 6. The quantitative estimate of drug-likeness (QED) is 0.851. The third kappa shape index (κ3) is 4.68. The zero-order valence-electron chi connectivity index (χ0n) is 12.3. The van der Waals surface area contributed by atoms with Crippen LogP contribution in [0.5, 0.6) is 0 Å². The Labute approximate surface area is 125 Å². The molecule has 0 fully saturated rings. The molecule has 1 aromatic carbocycles. The van der Waals surface area contributed by atoms with Gasteiger partial charge in [-0.05, 0) is 42.5 Å². The predicted molar refractivity (Wildman–Crippen MR) is 83.6 cm³/mol. The van der Waals surface area contributed by atoms with E-state index in [1.54, 1.807) is 12.4 Å². The molecule has 4 nitrogen and oxygen atoms in total. The predicted octanol–water partition coefficient (Wildman–Crippen LogP) is 1.97. The normalized spacial score (nSPS) is 11.9. The highest BCUT2D eigenvalue weighted by molar-refractivity contribution is 5.81. The highest BCUT2D eigenvalue weighted by Gasteiger charge is 2.13. The zero-order valence-corrected chi connectivity index (χ0v) is 12.3. The molecule has 0 unspecified atom stereocenters. The van der Waals surface area contributed by atoms with Crippen LogP contribution < -0.4 is 11.1 Å². The summed E-state index contributed by atoms with van der Waals surface area (Å²) in [4.78, 5) is 16.0. The van der Waals surface area contributed by atoms with E-state index in [1.807, 2.05) is 43.3 Å². The summed E-state index contributed by atoms with van der Waals surface area (Å²) in [6.07, 6.45) is 4.97. The molecule has 0 aliphatic rings. The van der Waals surface area contributed by atoms with Crippen molar-refractivity contribution in [2.75, 3.05) is 0 Å². The lowest BCUT2D eigenvalue weighted by Gasteiger charge is -2.13. The number of pyridine rings is 1. The van der Waals surface area contributed by atoms with Crippen molar-refractivity contribution in [3.8, 4) is 0 Å². The maximum absolute atomic E-state index is 12.0. The van der Waals surface area contributed by atoms with Gasteiger partial charge in [0, 0.05) is 18.9 Å². The van der Waals surface area contributed by atoms with Crippen LogP contribution >= 0.6 is 0 Å². The number of benzene rings is 1. The van der Waals surface area contributed by atoms with Gasteiger partial charge in [-0.15, -0.1) is 0 Å². The fourth-order valence-electron chi connectivity index (χ4n) is 2.11. The molecule has 110 valence electrons. The van der Waals surface area contributed by atoms with E-state index in [-0.39, 0.29) is 5.91 Å². The number of nitrogens with zero attached hydrogens (tertiary/aromatic N) is 1. The standard InChI is InChI=1S/C17H21N3O/c1-13-11-19-10-9-15(13)12-20-17(21)16(18)8-7-14-5-3-2-4-6-14/h2-6,9-11,16H,7-8,12,18H2,1H3,(H,20,21)/t16-/m0/s1. The van der Waals surface area contributed by atoms with Gasteiger partial charge in [-0.3, -0.25) is 9.78 Å². The van der Waals surface area contributed by atoms with Crippen LogP contribution in [0.25, 0.3) is 0 Å². The second kappa shape index (κ2) is 7.55. The molecule has 2 rings (SSSR count). The van der Waals surface area contributed by atoms with Crippen LogP contribution in [0.1, 0.15) is 23.1 Å². The Kier molecular flexibility index (Phi) is 5.46. The number of carbonyl (C=O) groups excluding carboxylic acids is 1. The topological polar surface area (TPSA) is 68.0 Å². The smallest absolute Gasteiger partial charge is 0.237 e. The first-order valence-electron chi connectivity index (χ1n) is 7.13. The molecule has 0 bridgehead atoms. The number of carbonyl (C=O) groups is 1. The Hall–Kier alpha value is -2.20. The molecule has 0 radical (unpaired) electrons. The molecule has 0 saturated carbocycles. The Bertz CT molecular complexity index is 584. The van der Waals surface area contributed by atoms with Crippen molar-refractivity contribution in [1.29, 1.82) is 0 Å². The fraction of sp³-hybridized carbons (Fsp3) is 0.294. The van der Waals surface area contributed by atoms with Crippen LogP contribution in [0, 0.1) is 6.92 Å². The highest BCUT2D eigenvalue weighted by atomic mass is 16.2. The molecule has 2 aromatic rings. The van der Waals surface area contributed by atoms with Gasteiger partial charge in [-0.2, -0.15) is 0 Å². The van der Waals surface area contributed by atoms with Crippen LogP contribution in [-0.2, 0) is 17.8 Å². The maximum atomic E-state index is 12.0. The van der Waals surface area contributed by atoms with E-state index in [9.17, 15) is 4.79 Å². The lowest BCUT2D eigenvalue weighted by Crippen LogP contribution is -2.40. The number of aromatic nitrogens is 1. The van der Waals surface area contributed by atoms with E-state index >= 15 is 0 Å². The van der Waals surface area contributed by atoms with Crippen molar-refractivity contribution in [2.24, 2.45) is 5.73 Å². The monoisotopic (exact) mass is 283 g/mol. The lowest BCUT2D eigenvalue weighted by atomic mass is 10.1. The van der Waals surface area contributed by atoms with Crippen molar-refractivity contribution >= 4 is 5.91 Å². The van der Waals surface area contributed by atoms with Gasteiger partial charge in [0.2, 0.25) is 5.91 Å². The third-order valence-corrected chi connectivity index (χ3v) is 3.51. The summed E-state index contributed by atoms with van der Waals surface area (Å²) >= 11 is 0. The average molecular weight is 283 g/mol. The third-order valence-electron chi connectivity index (χ3n) is 3.51. The number of hydrogen-bond acceptors (Lipinski definition) is 3.